The van der Waals surface area contributed by atoms with Gasteiger partial charge in [0.25, 0.3) is 0 Å². The molecule has 11 heavy (non-hydrogen) atoms. The van der Waals surface area contributed by atoms with Crippen LogP contribution in [0.5, 0.6) is 0 Å². The van der Waals surface area contributed by atoms with Crippen LogP contribution in [0.4, 0.5) is 4.79 Å². The maximum atomic E-state index is 11.0. The minimum atomic E-state index is -0.172. The second-order valence-electron chi connectivity index (χ2n) is 2.22. The van der Waals surface area contributed by atoms with Crippen LogP contribution < -0.4 is 5.32 Å². The van der Waals surface area contributed by atoms with Crippen molar-refractivity contribution in [2.45, 2.75) is 6.92 Å². The van der Waals surface area contributed by atoms with Crippen LogP contribution in [0.15, 0.2) is 12.3 Å². The van der Waals surface area contributed by atoms with Gasteiger partial charge in [0.2, 0.25) is 0 Å². The highest BCUT2D eigenvalue weighted by molar-refractivity contribution is 6.30. The molecule has 0 saturated heterocycles. The Kier molecular flexibility index (Phi) is 2.19. The van der Waals surface area contributed by atoms with Gasteiger partial charge in [-0.25, -0.2) is 4.79 Å². The molecule has 1 aromatic rings. The molecule has 1 heterocycles. The summed E-state index contributed by atoms with van der Waals surface area (Å²) in [6.07, 6.45) is 1.58. The standard InChI is InChI=1S/C7H9ClN2O/c1-5-3-6(8)4-10(5)7(11)9-2/h3-4H,1-2H3,(H,9,11). The summed E-state index contributed by atoms with van der Waals surface area (Å²) in [5.74, 6) is 0. The molecular formula is C7H9ClN2O. The minimum Gasteiger partial charge on any atom is -0.340 e. The molecular weight excluding hydrogens is 164 g/mol. The quantitative estimate of drug-likeness (QED) is 0.634. The Bertz CT molecular complexity index is 280. The molecule has 0 unspecified atom stereocenters. The maximum absolute atomic E-state index is 11.0. The summed E-state index contributed by atoms with van der Waals surface area (Å²) in [6, 6.07) is 1.56. The SMILES string of the molecule is CNC(=O)n1cc(Cl)cc1C. The number of nitrogens with zero attached hydrogens (tertiary/aromatic N) is 1. The fourth-order valence-corrected chi connectivity index (χ4v) is 1.13. The molecule has 1 N–H and O–H groups in total. The zero-order valence-corrected chi connectivity index (χ0v) is 7.14. The number of amides is 1. The van der Waals surface area contributed by atoms with Crippen molar-refractivity contribution in [2.75, 3.05) is 7.05 Å². The van der Waals surface area contributed by atoms with Gasteiger partial charge in [0.05, 0.1) is 5.02 Å². The van der Waals surface area contributed by atoms with Crippen LogP contribution >= 0.6 is 11.6 Å². The number of carbonyl (C=O) groups excluding carboxylic acids is 1. The molecule has 0 aliphatic heterocycles. The van der Waals surface area contributed by atoms with Crippen LogP contribution in [0.25, 0.3) is 0 Å². The molecule has 0 aliphatic rings. The molecule has 0 spiro atoms. The molecule has 1 rings (SSSR count). The van der Waals surface area contributed by atoms with Crippen molar-refractivity contribution in [2.24, 2.45) is 0 Å². The van der Waals surface area contributed by atoms with Crippen molar-refractivity contribution in [3.8, 4) is 0 Å². The first-order valence-electron chi connectivity index (χ1n) is 3.21. The van der Waals surface area contributed by atoms with Gasteiger partial charge in [-0.05, 0) is 13.0 Å². The van der Waals surface area contributed by atoms with Crippen molar-refractivity contribution in [1.82, 2.24) is 9.88 Å². The lowest BCUT2D eigenvalue weighted by Gasteiger charge is -2.01. The second-order valence-corrected chi connectivity index (χ2v) is 2.66. The van der Waals surface area contributed by atoms with E-state index < -0.39 is 0 Å². The van der Waals surface area contributed by atoms with Crippen molar-refractivity contribution >= 4 is 17.6 Å². The molecule has 0 fully saturated rings. The van der Waals surface area contributed by atoms with E-state index in [-0.39, 0.29) is 6.03 Å². The average molecular weight is 173 g/mol. The number of nitrogens with one attached hydrogen (secondary N) is 1. The highest BCUT2D eigenvalue weighted by Gasteiger charge is 2.05. The fourth-order valence-electron chi connectivity index (χ4n) is 0.871. The normalized spacial score (nSPS) is 9.73. The van der Waals surface area contributed by atoms with E-state index in [1.165, 1.54) is 4.57 Å². The largest absolute Gasteiger partial charge is 0.340 e. The molecule has 3 nitrogen and oxygen atoms in total. The summed E-state index contributed by atoms with van der Waals surface area (Å²) in [7, 11) is 1.58. The Morgan fingerprint density at radius 1 is 1.73 bits per heavy atom. The monoisotopic (exact) mass is 172 g/mol. The summed E-state index contributed by atoms with van der Waals surface area (Å²) in [6.45, 7) is 1.82. The lowest BCUT2D eigenvalue weighted by molar-refractivity contribution is 0.244. The topological polar surface area (TPSA) is 34.0 Å². The van der Waals surface area contributed by atoms with E-state index in [0.29, 0.717) is 5.02 Å². The Hall–Kier alpha value is -0.960. The predicted octanol–water partition coefficient (Wildman–Crippen LogP) is 1.64. The van der Waals surface area contributed by atoms with Gasteiger partial charge in [-0.1, -0.05) is 11.6 Å². The van der Waals surface area contributed by atoms with Crippen LogP contribution in [-0.4, -0.2) is 17.6 Å². The molecule has 0 atom stereocenters. The van der Waals surface area contributed by atoms with E-state index in [1.807, 2.05) is 6.92 Å². The molecule has 1 aromatic heterocycles. The number of aromatic nitrogens is 1. The average Bonchev–Trinajstić information content (AvgIpc) is 2.28. The summed E-state index contributed by atoms with van der Waals surface area (Å²) in [5.41, 5.74) is 0.828. The molecule has 0 aliphatic carbocycles. The van der Waals surface area contributed by atoms with Gasteiger partial charge < -0.3 is 5.32 Å². The number of carbonyl (C=O) groups is 1. The first kappa shape index (κ1) is 8.14. The molecule has 60 valence electrons. The van der Waals surface area contributed by atoms with E-state index >= 15 is 0 Å². The minimum absolute atomic E-state index is 0.172. The Morgan fingerprint density at radius 2 is 2.36 bits per heavy atom. The van der Waals surface area contributed by atoms with Gasteiger partial charge in [0.1, 0.15) is 0 Å². The van der Waals surface area contributed by atoms with Gasteiger partial charge >= 0.3 is 6.03 Å². The molecule has 0 bridgehead atoms. The van der Waals surface area contributed by atoms with Crippen molar-refractivity contribution in [3.63, 3.8) is 0 Å². The number of rotatable bonds is 0. The third-order valence-corrected chi connectivity index (χ3v) is 1.62. The Balaban J connectivity index is 3.03. The molecule has 0 radical (unpaired) electrons. The van der Waals surface area contributed by atoms with Gasteiger partial charge in [-0.2, -0.15) is 0 Å². The van der Waals surface area contributed by atoms with Gasteiger partial charge in [-0.3, -0.25) is 4.57 Å². The van der Waals surface area contributed by atoms with Crippen LogP contribution in [0.1, 0.15) is 5.69 Å². The highest BCUT2D eigenvalue weighted by Crippen LogP contribution is 2.12. The number of hydrogen-bond acceptors (Lipinski definition) is 1. The van der Waals surface area contributed by atoms with Gasteiger partial charge in [0.15, 0.2) is 0 Å². The van der Waals surface area contributed by atoms with Crippen LogP contribution in [0, 0.1) is 6.92 Å². The maximum Gasteiger partial charge on any atom is 0.325 e. The zero-order chi connectivity index (χ0) is 8.43. The molecule has 0 saturated carbocycles. The highest BCUT2D eigenvalue weighted by atomic mass is 35.5. The van der Waals surface area contributed by atoms with E-state index in [0.717, 1.165) is 5.69 Å². The first-order valence-corrected chi connectivity index (χ1v) is 3.59. The third-order valence-electron chi connectivity index (χ3n) is 1.41. The summed E-state index contributed by atoms with van der Waals surface area (Å²) in [5, 5.41) is 3.08. The third kappa shape index (κ3) is 1.54. The van der Waals surface area contributed by atoms with Gasteiger partial charge in [0, 0.05) is 18.9 Å². The van der Waals surface area contributed by atoms with Crippen LogP contribution in [-0.2, 0) is 0 Å². The van der Waals surface area contributed by atoms with E-state index in [1.54, 1.807) is 19.3 Å². The lowest BCUT2D eigenvalue weighted by Crippen LogP contribution is -2.24. The Labute approximate surface area is 70.0 Å². The van der Waals surface area contributed by atoms with E-state index in [4.69, 9.17) is 11.6 Å². The molecule has 4 heteroatoms. The Morgan fingerprint density at radius 3 is 2.73 bits per heavy atom. The summed E-state index contributed by atoms with van der Waals surface area (Å²) < 4.78 is 1.46. The predicted molar refractivity (Wildman–Crippen MR) is 44.0 cm³/mol. The van der Waals surface area contributed by atoms with Crippen molar-refractivity contribution in [3.05, 3.63) is 23.0 Å². The van der Waals surface area contributed by atoms with E-state index in [9.17, 15) is 4.79 Å². The van der Waals surface area contributed by atoms with E-state index in [2.05, 4.69) is 5.32 Å². The smallest absolute Gasteiger partial charge is 0.325 e. The molecule has 0 aromatic carbocycles. The van der Waals surface area contributed by atoms with Crippen LogP contribution in [0.2, 0.25) is 5.02 Å². The number of aryl methyl sites for hydroxylation is 1. The molecule has 1 amide bonds. The zero-order valence-electron chi connectivity index (χ0n) is 6.39. The first-order chi connectivity index (χ1) is 5.15. The van der Waals surface area contributed by atoms with Crippen molar-refractivity contribution < 1.29 is 4.79 Å². The number of hydrogen-bond donors (Lipinski definition) is 1. The number of halogens is 1. The van der Waals surface area contributed by atoms with Crippen molar-refractivity contribution in [1.29, 1.82) is 0 Å². The second kappa shape index (κ2) is 2.96. The van der Waals surface area contributed by atoms with Gasteiger partial charge in [-0.15, -0.1) is 0 Å². The summed E-state index contributed by atoms with van der Waals surface area (Å²) >= 11 is 5.67. The lowest BCUT2D eigenvalue weighted by atomic mass is 10.5. The fraction of sp³-hybridized carbons (Fsp3) is 0.286. The van der Waals surface area contributed by atoms with Crippen LogP contribution in [0.3, 0.4) is 0 Å². The summed E-state index contributed by atoms with van der Waals surface area (Å²) in [4.78, 5) is 11.0.